The average Bonchev–Trinajstić information content (AvgIpc) is 2.30. The number of halogens is 1. The minimum atomic E-state index is -0.984. The molecule has 0 bridgehead atoms. The Hall–Kier alpha value is -1.09. The van der Waals surface area contributed by atoms with Crippen LogP contribution in [-0.4, -0.2) is 17.7 Å². The lowest BCUT2D eigenvalue weighted by Crippen LogP contribution is -2.34. The van der Waals surface area contributed by atoms with Gasteiger partial charge in [-0.2, -0.15) is 0 Å². The number of piperidine rings is 1. The van der Waals surface area contributed by atoms with E-state index in [4.69, 9.17) is 0 Å². The fourth-order valence-electron chi connectivity index (χ4n) is 2.23. The summed E-state index contributed by atoms with van der Waals surface area (Å²) in [4.78, 5) is 0. The number of hydrogen-bond donors (Lipinski definition) is 2. The zero-order chi connectivity index (χ0) is 11.4. The van der Waals surface area contributed by atoms with Crippen molar-refractivity contribution in [1.82, 2.24) is 5.32 Å². The van der Waals surface area contributed by atoms with E-state index < -0.39 is 6.17 Å². The van der Waals surface area contributed by atoms with Crippen molar-refractivity contribution in [3.63, 3.8) is 0 Å². The van der Waals surface area contributed by atoms with E-state index in [1.807, 2.05) is 0 Å². The Kier molecular flexibility index (Phi) is 3.78. The summed E-state index contributed by atoms with van der Waals surface area (Å²) < 4.78 is 13.9. The highest BCUT2D eigenvalue weighted by molar-refractivity contribution is 5.28. The minimum Gasteiger partial charge on any atom is -0.508 e. The molecule has 2 unspecified atom stereocenters. The van der Waals surface area contributed by atoms with E-state index >= 15 is 0 Å². The van der Waals surface area contributed by atoms with Gasteiger partial charge in [0, 0.05) is 6.04 Å². The number of rotatable bonds is 3. The van der Waals surface area contributed by atoms with Crippen molar-refractivity contribution >= 4 is 0 Å². The Balaban J connectivity index is 1.94. The largest absolute Gasteiger partial charge is 0.508 e. The molecule has 0 aliphatic carbocycles. The van der Waals surface area contributed by atoms with Gasteiger partial charge in [-0.05, 0) is 43.5 Å². The van der Waals surface area contributed by atoms with E-state index in [1.165, 1.54) is 18.9 Å². The van der Waals surface area contributed by atoms with Gasteiger partial charge >= 0.3 is 0 Å². The van der Waals surface area contributed by atoms with Crippen LogP contribution >= 0.6 is 0 Å². The fraction of sp³-hybridized carbons (Fsp3) is 0.538. The SMILES string of the molecule is Oc1cccc(C(F)CC2CCCCN2)c1. The monoisotopic (exact) mass is 223 g/mol. The highest BCUT2D eigenvalue weighted by Crippen LogP contribution is 2.27. The molecule has 0 saturated carbocycles. The van der Waals surface area contributed by atoms with Crippen LogP contribution in [0.3, 0.4) is 0 Å². The van der Waals surface area contributed by atoms with Crippen LogP contribution < -0.4 is 5.32 Å². The van der Waals surface area contributed by atoms with Crippen LogP contribution in [0.5, 0.6) is 5.75 Å². The summed E-state index contributed by atoms with van der Waals surface area (Å²) in [6, 6.07) is 6.77. The molecule has 88 valence electrons. The summed E-state index contributed by atoms with van der Waals surface area (Å²) in [5.41, 5.74) is 0.576. The lowest BCUT2D eigenvalue weighted by molar-refractivity contribution is 0.260. The van der Waals surface area contributed by atoms with Crippen molar-refractivity contribution in [2.24, 2.45) is 0 Å². The first-order valence-corrected chi connectivity index (χ1v) is 5.92. The third-order valence-electron chi connectivity index (χ3n) is 3.14. The molecule has 1 fully saturated rings. The highest BCUT2D eigenvalue weighted by atomic mass is 19.1. The zero-order valence-corrected chi connectivity index (χ0v) is 9.32. The topological polar surface area (TPSA) is 32.3 Å². The number of hydrogen-bond acceptors (Lipinski definition) is 2. The summed E-state index contributed by atoms with van der Waals surface area (Å²) in [5.74, 6) is 0.136. The molecule has 1 aromatic carbocycles. The summed E-state index contributed by atoms with van der Waals surface area (Å²) in [7, 11) is 0. The molecule has 2 nitrogen and oxygen atoms in total. The van der Waals surface area contributed by atoms with Crippen LogP contribution in [-0.2, 0) is 0 Å². The number of alkyl halides is 1. The van der Waals surface area contributed by atoms with Crippen molar-refractivity contribution in [2.45, 2.75) is 37.9 Å². The first-order chi connectivity index (χ1) is 7.75. The minimum absolute atomic E-state index is 0.136. The van der Waals surface area contributed by atoms with Gasteiger partial charge in [-0.25, -0.2) is 4.39 Å². The van der Waals surface area contributed by atoms with Gasteiger partial charge in [0.05, 0.1) is 0 Å². The average molecular weight is 223 g/mol. The van der Waals surface area contributed by atoms with Gasteiger partial charge in [-0.15, -0.1) is 0 Å². The zero-order valence-electron chi connectivity index (χ0n) is 9.32. The summed E-state index contributed by atoms with van der Waals surface area (Å²) in [5, 5.41) is 12.6. The second-order valence-corrected chi connectivity index (χ2v) is 4.45. The summed E-state index contributed by atoms with van der Waals surface area (Å²) in [6.45, 7) is 0.997. The van der Waals surface area contributed by atoms with E-state index in [0.29, 0.717) is 12.0 Å². The van der Waals surface area contributed by atoms with Gasteiger partial charge in [0.15, 0.2) is 0 Å². The Morgan fingerprint density at radius 1 is 1.44 bits per heavy atom. The van der Waals surface area contributed by atoms with Gasteiger partial charge in [0.25, 0.3) is 0 Å². The normalized spacial score (nSPS) is 22.9. The Labute approximate surface area is 95.5 Å². The molecule has 1 saturated heterocycles. The molecular weight excluding hydrogens is 205 g/mol. The van der Waals surface area contributed by atoms with E-state index in [2.05, 4.69) is 5.32 Å². The molecule has 0 spiro atoms. The van der Waals surface area contributed by atoms with Crippen molar-refractivity contribution < 1.29 is 9.50 Å². The van der Waals surface area contributed by atoms with Gasteiger partial charge < -0.3 is 10.4 Å². The third-order valence-corrected chi connectivity index (χ3v) is 3.14. The molecular formula is C13H18FNO. The fourth-order valence-corrected chi connectivity index (χ4v) is 2.23. The van der Waals surface area contributed by atoms with Gasteiger partial charge in [-0.1, -0.05) is 18.6 Å². The van der Waals surface area contributed by atoms with Crippen molar-refractivity contribution in [2.75, 3.05) is 6.54 Å². The maximum absolute atomic E-state index is 13.9. The molecule has 2 rings (SSSR count). The second kappa shape index (κ2) is 5.30. The molecule has 2 atom stereocenters. The highest BCUT2D eigenvalue weighted by Gasteiger charge is 2.19. The number of phenolic OH excluding ortho intramolecular Hbond substituents is 1. The molecule has 1 aliphatic heterocycles. The lowest BCUT2D eigenvalue weighted by Gasteiger charge is -2.24. The standard InChI is InChI=1S/C13H18FNO/c14-13(9-11-5-1-2-7-15-11)10-4-3-6-12(16)8-10/h3-4,6,8,11,13,15-16H,1-2,5,7,9H2. The molecule has 1 heterocycles. The van der Waals surface area contributed by atoms with Crippen molar-refractivity contribution in [3.05, 3.63) is 29.8 Å². The molecule has 0 aromatic heterocycles. The quantitative estimate of drug-likeness (QED) is 0.825. The van der Waals surface area contributed by atoms with Crippen LogP contribution in [0.4, 0.5) is 4.39 Å². The number of benzene rings is 1. The Morgan fingerprint density at radius 2 is 2.31 bits per heavy atom. The van der Waals surface area contributed by atoms with Gasteiger partial charge in [0.1, 0.15) is 11.9 Å². The smallest absolute Gasteiger partial charge is 0.127 e. The maximum Gasteiger partial charge on any atom is 0.127 e. The number of aromatic hydroxyl groups is 1. The number of nitrogens with one attached hydrogen (secondary N) is 1. The maximum atomic E-state index is 13.9. The van der Waals surface area contributed by atoms with E-state index in [9.17, 15) is 9.50 Å². The molecule has 16 heavy (non-hydrogen) atoms. The molecule has 3 heteroatoms. The first-order valence-electron chi connectivity index (χ1n) is 5.92. The van der Waals surface area contributed by atoms with Crippen LogP contribution in [0.1, 0.15) is 37.4 Å². The summed E-state index contributed by atoms with van der Waals surface area (Å²) >= 11 is 0. The molecule has 2 N–H and O–H groups in total. The lowest BCUT2D eigenvalue weighted by atomic mass is 9.96. The number of phenols is 1. The van der Waals surface area contributed by atoms with Crippen molar-refractivity contribution in [1.29, 1.82) is 0 Å². The van der Waals surface area contributed by atoms with Crippen LogP contribution in [0, 0.1) is 0 Å². The predicted octanol–water partition coefficient (Wildman–Crippen LogP) is 2.94. The van der Waals surface area contributed by atoms with E-state index in [1.54, 1.807) is 18.2 Å². The third kappa shape index (κ3) is 2.95. The predicted molar refractivity (Wildman–Crippen MR) is 62.2 cm³/mol. The summed E-state index contributed by atoms with van der Waals surface area (Å²) in [6.07, 6.45) is 2.95. The van der Waals surface area contributed by atoms with Gasteiger partial charge in [-0.3, -0.25) is 0 Å². The first kappa shape index (κ1) is 11.4. The van der Waals surface area contributed by atoms with Crippen molar-refractivity contribution in [3.8, 4) is 5.75 Å². The molecule has 1 aliphatic rings. The molecule has 0 amide bonds. The Bertz CT molecular complexity index is 336. The Morgan fingerprint density at radius 3 is 3.00 bits per heavy atom. The van der Waals surface area contributed by atoms with E-state index in [-0.39, 0.29) is 11.8 Å². The van der Waals surface area contributed by atoms with Gasteiger partial charge in [0.2, 0.25) is 0 Å². The van der Waals surface area contributed by atoms with E-state index in [0.717, 1.165) is 13.0 Å². The molecule has 0 radical (unpaired) electrons. The van der Waals surface area contributed by atoms with Crippen LogP contribution in [0.25, 0.3) is 0 Å². The molecule has 1 aromatic rings. The van der Waals surface area contributed by atoms with Crippen LogP contribution in [0.2, 0.25) is 0 Å². The van der Waals surface area contributed by atoms with Crippen LogP contribution in [0.15, 0.2) is 24.3 Å². The second-order valence-electron chi connectivity index (χ2n) is 4.45.